The molecule has 1 saturated carbocycles. The molecule has 1 fully saturated rings. The van der Waals surface area contributed by atoms with E-state index in [1.54, 1.807) is 24.3 Å². The van der Waals surface area contributed by atoms with Crippen LogP contribution in [0.1, 0.15) is 51.0 Å². The number of ether oxygens (including phenoxy) is 1. The molecule has 25 heavy (non-hydrogen) atoms. The molecule has 0 bridgehead atoms. The Morgan fingerprint density at radius 1 is 1.24 bits per heavy atom. The lowest BCUT2D eigenvalue weighted by Crippen LogP contribution is -2.25. The molecule has 0 radical (unpaired) electrons. The van der Waals surface area contributed by atoms with E-state index in [1.807, 2.05) is 6.07 Å². The second-order valence-corrected chi connectivity index (χ2v) is 6.85. The number of carbonyl (C=O) groups is 1. The Kier molecular flexibility index (Phi) is 5.33. The van der Waals surface area contributed by atoms with Crippen LogP contribution >= 0.6 is 0 Å². The van der Waals surface area contributed by atoms with E-state index in [0.717, 1.165) is 31.6 Å². The van der Waals surface area contributed by atoms with E-state index in [1.165, 1.54) is 18.9 Å². The Hall–Kier alpha value is -2.41. The lowest BCUT2D eigenvalue weighted by atomic mass is 9.80. The molecule has 2 aromatic carbocycles. The van der Waals surface area contributed by atoms with Crippen LogP contribution in [0.4, 0.5) is 4.39 Å². The Morgan fingerprint density at radius 2 is 2.00 bits per heavy atom. The molecule has 0 atom stereocenters. The Bertz CT molecular complexity index is 816. The minimum atomic E-state index is -0.535. The third kappa shape index (κ3) is 3.82. The highest BCUT2D eigenvalue weighted by atomic mass is 19.1. The van der Waals surface area contributed by atoms with Crippen molar-refractivity contribution in [2.45, 2.75) is 45.4 Å². The van der Waals surface area contributed by atoms with Crippen molar-refractivity contribution in [3.63, 3.8) is 0 Å². The number of benzene rings is 2. The molecular formula is C21H22FNO2. The molecule has 4 heteroatoms. The quantitative estimate of drug-likeness (QED) is 0.556. The van der Waals surface area contributed by atoms with Crippen LogP contribution < -0.4 is 4.74 Å². The summed E-state index contributed by atoms with van der Waals surface area (Å²) in [6.07, 6.45) is 6.39. The van der Waals surface area contributed by atoms with Gasteiger partial charge in [-0.1, -0.05) is 25.8 Å². The standard InChI is InChI=1S/C21H22FNO2/c1-2-3-14-4-6-15(7-5-14)21(24)25-18-10-11-19-16(12-18)8-9-17(13-23)20(19)22/h8-12,14-15H,2-7H2,1H3. The molecule has 0 amide bonds. The van der Waals surface area contributed by atoms with Gasteiger partial charge in [0.05, 0.1) is 11.5 Å². The molecule has 3 rings (SSSR count). The van der Waals surface area contributed by atoms with E-state index in [0.29, 0.717) is 16.5 Å². The van der Waals surface area contributed by atoms with Crippen molar-refractivity contribution in [1.29, 1.82) is 5.26 Å². The van der Waals surface area contributed by atoms with E-state index in [-0.39, 0.29) is 17.5 Å². The van der Waals surface area contributed by atoms with Crippen LogP contribution in [-0.2, 0) is 4.79 Å². The summed E-state index contributed by atoms with van der Waals surface area (Å²) in [5.74, 6) is 0.404. The molecule has 2 aromatic rings. The average molecular weight is 339 g/mol. The smallest absolute Gasteiger partial charge is 0.314 e. The SMILES string of the molecule is CCCC1CCC(C(=O)Oc2ccc3c(F)c(C#N)ccc3c2)CC1. The molecule has 0 saturated heterocycles. The normalized spacial score (nSPS) is 20.2. The van der Waals surface area contributed by atoms with Crippen LogP contribution in [0.25, 0.3) is 10.8 Å². The fourth-order valence-corrected chi connectivity index (χ4v) is 3.71. The van der Waals surface area contributed by atoms with E-state index < -0.39 is 5.82 Å². The third-order valence-electron chi connectivity index (χ3n) is 5.14. The molecule has 0 aliphatic heterocycles. The van der Waals surface area contributed by atoms with Gasteiger partial charge < -0.3 is 4.74 Å². The molecule has 0 unspecified atom stereocenters. The maximum Gasteiger partial charge on any atom is 0.314 e. The summed E-state index contributed by atoms with van der Waals surface area (Å²) in [5, 5.41) is 9.87. The van der Waals surface area contributed by atoms with Gasteiger partial charge in [0.25, 0.3) is 0 Å². The van der Waals surface area contributed by atoms with Gasteiger partial charge in [-0.05, 0) is 61.3 Å². The first-order chi connectivity index (χ1) is 12.1. The van der Waals surface area contributed by atoms with Gasteiger partial charge in [0, 0.05) is 5.39 Å². The van der Waals surface area contributed by atoms with Crippen molar-refractivity contribution in [2.75, 3.05) is 0 Å². The van der Waals surface area contributed by atoms with E-state index >= 15 is 0 Å². The number of hydrogen-bond donors (Lipinski definition) is 0. The molecule has 1 aliphatic rings. The topological polar surface area (TPSA) is 50.1 Å². The third-order valence-corrected chi connectivity index (χ3v) is 5.14. The summed E-state index contributed by atoms with van der Waals surface area (Å²) in [6.45, 7) is 2.20. The lowest BCUT2D eigenvalue weighted by molar-refractivity contribution is -0.140. The van der Waals surface area contributed by atoms with Gasteiger partial charge in [-0.25, -0.2) is 4.39 Å². The Labute approximate surface area is 147 Å². The fraction of sp³-hybridized carbons (Fsp3) is 0.429. The summed E-state index contributed by atoms with van der Waals surface area (Å²) in [4.78, 5) is 12.4. The summed E-state index contributed by atoms with van der Waals surface area (Å²) >= 11 is 0. The largest absolute Gasteiger partial charge is 0.426 e. The van der Waals surface area contributed by atoms with E-state index in [9.17, 15) is 9.18 Å². The number of nitrogens with zero attached hydrogens (tertiary/aromatic N) is 1. The highest BCUT2D eigenvalue weighted by molar-refractivity contribution is 5.86. The van der Waals surface area contributed by atoms with Gasteiger partial charge >= 0.3 is 5.97 Å². The van der Waals surface area contributed by atoms with E-state index in [4.69, 9.17) is 10.00 Å². The van der Waals surface area contributed by atoms with Gasteiger partial charge in [0.1, 0.15) is 17.6 Å². The predicted molar refractivity (Wildman–Crippen MR) is 94.6 cm³/mol. The lowest BCUT2D eigenvalue weighted by Gasteiger charge is -2.26. The first-order valence-electron chi connectivity index (χ1n) is 8.96. The van der Waals surface area contributed by atoms with Crippen molar-refractivity contribution in [3.8, 4) is 11.8 Å². The number of halogens is 1. The fourth-order valence-electron chi connectivity index (χ4n) is 3.71. The minimum Gasteiger partial charge on any atom is -0.426 e. The van der Waals surface area contributed by atoms with Crippen molar-refractivity contribution in [1.82, 2.24) is 0 Å². The molecular weight excluding hydrogens is 317 g/mol. The first-order valence-corrected chi connectivity index (χ1v) is 8.96. The van der Waals surface area contributed by atoms with Gasteiger partial charge in [-0.2, -0.15) is 5.26 Å². The Balaban J connectivity index is 1.69. The zero-order valence-corrected chi connectivity index (χ0v) is 14.4. The number of carbonyl (C=O) groups excluding carboxylic acids is 1. The molecule has 0 N–H and O–H groups in total. The molecule has 3 nitrogen and oxygen atoms in total. The zero-order chi connectivity index (χ0) is 17.8. The minimum absolute atomic E-state index is 0.0149. The summed E-state index contributed by atoms with van der Waals surface area (Å²) in [5.41, 5.74) is 0.0149. The van der Waals surface area contributed by atoms with Crippen molar-refractivity contribution >= 4 is 16.7 Å². The molecule has 130 valence electrons. The maximum absolute atomic E-state index is 14.1. The van der Waals surface area contributed by atoms with Gasteiger partial charge in [0.15, 0.2) is 0 Å². The van der Waals surface area contributed by atoms with Crippen molar-refractivity contribution in [2.24, 2.45) is 11.8 Å². The summed E-state index contributed by atoms with van der Waals surface area (Å²) < 4.78 is 19.7. The number of fused-ring (bicyclic) bond motifs is 1. The van der Waals surface area contributed by atoms with E-state index in [2.05, 4.69) is 6.92 Å². The van der Waals surface area contributed by atoms with Crippen LogP contribution in [-0.4, -0.2) is 5.97 Å². The zero-order valence-electron chi connectivity index (χ0n) is 14.4. The second kappa shape index (κ2) is 7.65. The number of nitriles is 1. The Morgan fingerprint density at radius 3 is 2.68 bits per heavy atom. The highest BCUT2D eigenvalue weighted by Gasteiger charge is 2.27. The highest BCUT2D eigenvalue weighted by Crippen LogP contribution is 2.33. The van der Waals surface area contributed by atoms with Crippen LogP contribution in [0, 0.1) is 29.0 Å². The molecule has 1 aliphatic carbocycles. The van der Waals surface area contributed by atoms with Gasteiger partial charge in [-0.3, -0.25) is 4.79 Å². The molecule has 0 aromatic heterocycles. The van der Waals surface area contributed by atoms with Crippen LogP contribution in [0.5, 0.6) is 5.75 Å². The van der Waals surface area contributed by atoms with Crippen molar-refractivity contribution in [3.05, 3.63) is 41.7 Å². The molecule has 0 spiro atoms. The van der Waals surface area contributed by atoms with Gasteiger partial charge in [0.2, 0.25) is 0 Å². The maximum atomic E-state index is 14.1. The van der Waals surface area contributed by atoms with Crippen LogP contribution in [0.15, 0.2) is 30.3 Å². The van der Waals surface area contributed by atoms with Gasteiger partial charge in [-0.15, -0.1) is 0 Å². The monoisotopic (exact) mass is 339 g/mol. The number of hydrogen-bond acceptors (Lipinski definition) is 3. The molecule has 0 heterocycles. The van der Waals surface area contributed by atoms with Crippen LogP contribution in [0.3, 0.4) is 0 Å². The predicted octanol–water partition coefficient (Wildman–Crippen LogP) is 5.36. The second-order valence-electron chi connectivity index (χ2n) is 6.85. The number of rotatable bonds is 4. The van der Waals surface area contributed by atoms with Crippen LogP contribution in [0.2, 0.25) is 0 Å². The summed E-state index contributed by atoms with van der Waals surface area (Å²) in [6, 6.07) is 9.75. The summed E-state index contributed by atoms with van der Waals surface area (Å²) in [7, 11) is 0. The first kappa shape index (κ1) is 17.4. The number of esters is 1. The average Bonchev–Trinajstić information content (AvgIpc) is 2.63. The van der Waals surface area contributed by atoms with Crippen molar-refractivity contribution < 1.29 is 13.9 Å².